The number of benzene rings is 1. The van der Waals surface area contributed by atoms with Crippen LogP contribution in [-0.4, -0.2) is 27.3 Å². The van der Waals surface area contributed by atoms with E-state index in [0.29, 0.717) is 11.1 Å². The minimum absolute atomic E-state index is 0.106. The normalized spacial score (nSPS) is 12.1. The van der Waals surface area contributed by atoms with Gasteiger partial charge in [0.2, 0.25) is 0 Å². The fourth-order valence-electron chi connectivity index (χ4n) is 1.24. The van der Waals surface area contributed by atoms with Crippen LogP contribution in [0.1, 0.15) is 0 Å². The Bertz CT molecular complexity index is 625. The Kier molecular flexibility index (Phi) is 2.27. The molecule has 0 saturated heterocycles. The van der Waals surface area contributed by atoms with E-state index in [0.717, 1.165) is 0 Å². The molecule has 0 unspecified atom stereocenters. The van der Waals surface area contributed by atoms with Gasteiger partial charge in [-0.05, 0) is 0 Å². The second-order valence-electron chi connectivity index (χ2n) is 2.97. The molecule has 0 aliphatic carbocycles. The number of nitrogens with one attached hydrogen (secondary N) is 1. The van der Waals surface area contributed by atoms with Crippen molar-refractivity contribution in [1.29, 1.82) is 0 Å². The SMILES string of the molecule is Nc1cc([As](=O)(O)O)cc2[nH]c(=S)oc12. The monoisotopic (exact) mass is 290 g/mol. The zero-order chi connectivity index (χ0) is 11.2. The molecule has 0 amide bonds. The Morgan fingerprint density at radius 3 is 2.73 bits per heavy atom. The first-order valence-electron chi connectivity index (χ1n) is 3.86. The maximum absolute atomic E-state index is 11.1. The quantitative estimate of drug-likeness (QED) is 0.324. The Balaban J connectivity index is 2.83. The van der Waals surface area contributed by atoms with Crippen molar-refractivity contribution in [2.45, 2.75) is 0 Å². The summed E-state index contributed by atoms with van der Waals surface area (Å²) in [7, 11) is 0. The Morgan fingerprint density at radius 1 is 1.47 bits per heavy atom. The first kappa shape index (κ1) is 10.5. The van der Waals surface area contributed by atoms with E-state index in [1.165, 1.54) is 12.1 Å². The van der Waals surface area contributed by atoms with Crippen LogP contribution >= 0.6 is 12.2 Å². The topological polar surface area (TPSA) is 112 Å². The first-order chi connectivity index (χ1) is 6.88. The van der Waals surface area contributed by atoms with Gasteiger partial charge in [0.1, 0.15) is 0 Å². The standard InChI is InChI=1S/C7H7AsN2O4S/c9-4-1-3(8(11,12)13)2-5-6(4)14-7(15)10-5/h1-2H,9H2,(H,10,15)(H2,11,12,13). The summed E-state index contributed by atoms with van der Waals surface area (Å²) in [5.41, 5.74) is 6.43. The summed E-state index contributed by atoms with van der Waals surface area (Å²) in [6.07, 6.45) is 0. The van der Waals surface area contributed by atoms with Gasteiger partial charge in [0.05, 0.1) is 0 Å². The zero-order valence-corrected chi connectivity index (χ0v) is 9.99. The number of aromatic nitrogens is 1. The van der Waals surface area contributed by atoms with E-state index >= 15 is 0 Å². The number of anilines is 1. The van der Waals surface area contributed by atoms with E-state index in [2.05, 4.69) is 4.98 Å². The van der Waals surface area contributed by atoms with Gasteiger partial charge < -0.3 is 0 Å². The molecule has 0 radical (unpaired) electrons. The predicted molar refractivity (Wildman–Crippen MR) is 56.3 cm³/mol. The fourth-order valence-corrected chi connectivity index (χ4v) is 2.70. The average molecular weight is 290 g/mol. The predicted octanol–water partition coefficient (Wildman–Crippen LogP) is -0.366. The molecule has 1 aromatic heterocycles. The van der Waals surface area contributed by atoms with Crippen LogP contribution in [0.15, 0.2) is 16.5 Å². The maximum atomic E-state index is 11.1. The van der Waals surface area contributed by atoms with Crippen LogP contribution in [0.2, 0.25) is 0 Å². The zero-order valence-electron chi connectivity index (χ0n) is 7.30. The first-order valence-corrected chi connectivity index (χ1v) is 7.65. The third-order valence-electron chi connectivity index (χ3n) is 1.87. The van der Waals surface area contributed by atoms with E-state index in [1.54, 1.807) is 0 Å². The van der Waals surface area contributed by atoms with Crippen LogP contribution in [0.4, 0.5) is 5.69 Å². The minimum atomic E-state index is -4.93. The van der Waals surface area contributed by atoms with E-state index in [4.69, 9.17) is 30.6 Å². The molecule has 0 bridgehead atoms. The Hall–Kier alpha value is -1.01. The van der Waals surface area contributed by atoms with Gasteiger partial charge in [0.25, 0.3) is 0 Å². The third-order valence-corrected chi connectivity index (χ3v) is 4.01. The molecular weight excluding hydrogens is 283 g/mol. The Labute approximate surface area is 91.7 Å². The van der Waals surface area contributed by atoms with Crippen molar-refractivity contribution in [3.63, 3.8) is 0 Å². The summed E-state index contributed by atoms with van der Waals surface area (Å²) in [6, 6.07) is 2.50. The molecule has 8 heteroatoms. The Morgan fingerprint density at radius 2 is 2.13 bits per heavy atom. The van der Waals surface area contributed by atoms with Crippen LogP contribution in [0.25, 0.3) is 11.1 Å². The number of fused-ring (bicyclic) bond motifs is 1. The summed E-state index contributed by atoms with van der Waals surface area (Å²) in [5.74, 6) is 0. The van der Waals surface area contributed by atoms with Crippen LogP contribution in [-0.2, 0) is 3.74 Å². The summed E-state index contributed by atoms with van der Waals surface area (Å²) >= 11 is -0.191. The molecule has 80 valence electrons. The average Bonchev–Trinajstić information content (AvgIpc) is 2.44. The van der Waals surface area contributed by atoms with Gasteiger partial charge >= 0.3 is 91.6 Å². The molecule has 15 heavy (non-hydrogen) atoms. The molecule has 0 saturated carbocycles. The number of H-pyrrole nitrogens is 1. The van der Waals surface area contributed by atoms with Crippen LogP contribution in [0.3, 0.4) is 0 Å². The summed E-state index contributed by atoms with van der Waals surface area (Å²) in [5, 5.41) is 0. The second-order valence-corrected chi connectivity index (χ2v) is 6.71. The van der Waals surface area contributed by atoms with Gasteiger partial charge in [-0.3, -0.25) is 0 Å². The van der Waals surface area contributed by atoms with Crippen molar-refractivity contribution < 1.29 is 16.3 Å². The summed E-state index contributed by atoms with van der Waals surface area (Å²) in [4.78, 5) is 2.76. The van der Waals surface area contributed by atoms with Crippen LogP contribution in [0, 0.1) is 4.84 Å². The van der Waals surface area contributed by atoms with Gasteiger partial charge in [0.15, 0.2) is 0 Å². The molecule has 1 aromatic carbocycles. The third kappa shape index (κ3) is 1.87. The second kappa shape index (κ2) is 3.24. The molecule has 5 N–H and O–H groups in total. The number of aromatic amines is 1. The number of oxazole rings is 1. The van der Waals surface area contributed by atoms with E-state index in [9.17, 15) is 3.74 Å². The molecule has 0 spiro atoms. The van der Waals surface area contributed by atoms with E-state index in [1.807, 2.05) is 0 Å². The number of rotatable bonds is 1. The van der Waals surface area contributed by atoms with Gasteiger partial charge in [-0.2, -0.15) is 0 Å². The van der Waals surface area contributed by atoms with Crippen molar-refractivity contribution in [3.8, 4) is 0 Å². The summed E-state index contributed by atoms with van der Waals surface area (Å²) in [6.45, 7) is 0. The molecule has 2 rings (SSSR count). The van der Waals surface area contributed by atoms with Gasteiger partial charge in [-0.15, -0.1) is 0 Å². The van der Waals surface area contributed by atoms with Gasteiger partial charge in [0, 0.05) is 0 Å². The number of nitrogen functional groups attached to an aromatic ring is 1. The molecule has 0 fully saturated rings. The van der Waals surface area contributed by atoms with Crippen molar-refractivity contribution in [2.24, 2.45) is 0 Å². The van der Waals surface area contributed by atoms with Crippen LogP contribution in [0.5, 0.6) is 0 Å². The van der Waals surface area contributed by atoms with Crippen molar-refractivity contribution >= 4 is 47.5 Å². The van der Waals surface area contributed by atoms with Crippen LogP contribution < -0.4 is 10.1 Å². The molecule has 0 atom stereocenters. The molecule has 2 aromatic rings. The van der Waals surface area contributed by atoms with E-state index < -0.39 is 14.2 Å². The molecule has 1 heterocycles. The fraction of sp³-hybridized carbons (Fsp3) is 0. The molecule has 0 aliphatic heterocycles. The number of nitrogens with two attached hydrogens (primary N) is 1. The van der Waals surface area contributed by atoms with Gasteiger partial charge in [-0.1, -0.05) is 0 Å². The van der Waals surface area contributed by atoms with Crippen molar-refractivity contribution in [1.82, 2.24) is 4.98 Å². The number of hydrogen-bond acceptors (Lipinski definition) is 4. The van der Waals surface area contributed by atoms with Gasteiger partial charge in [-0.25, -0.2) is 0 Å². The van der Waals surface area contributed by atoms with Crippen molar-refractivity contribution in [3.05, 3.63) is 17.0 Å². The molecule has 0 aliphatic rings. The summed E-state index contributed by atoms with van der Waals surface area (Å²) < 4.78 is 34.1. The molecule has 6 nitrogen and oxygen atoms in total. The van der Waals surface area contributed by atoms with Crippen molar-refractivity contribution in [2.75, 3.05) is 5.73 Å². The van der Waals surface area contributed by atoms with E-state index in [-0.39, 0.29) is 14.9 Å². The number of hydrogen-bond donors (Lipinski definition) is 4. The molecular formula is C7H7AsN2O4S.